The molecule has 0 aliphatic carbocycles. The van der Waals surface area contributed by atoms with E-state index in [4.69, 9.17) is 4.74 Å². The van der Waals surface area contributed by atoms with Gasteiger partial charge in [0.1, 0.15) is 0 Å². The third-order valence-corrected chi connectivity index (χ3v) is 2.58. The van der Waals surface area contributed by atoms with Crippen LogP contribution in [0.25, 0.3) is 0 Å². The Kier molecular flexibility index (Phi) is 4.60. The largest absolute Gasteiger partial charge is 0.494 e. The van der Waals surface area contributed by atoms with Crippen molar-refractivity contribution in [2.75, 3.05) is 11.5 Å². The van der Waals surface area contributed by atoms with E-state index in [9.17, 15) is 9.50 Å². The van der Waals surface area contributed by atoms with Crippen molar-refractivity contribution in [2.45, 2.75) is 12.5 Å². The highest BCUT2D eigenvalue weighted by Gasteiger charge is 2.15. The van der Waals surface area contributed by atoms with E-state index >= 15 is 0 Å². The molecule has 0 radical (unpaired) electrons. The van der Waals surface area contributed by atoms with Crippen LogP contribution in [0, 0.1) is 5.82 Å². The van der Waals surface area contributed by atoms with E-state index in [0.29, 0.717) is 12.0 Å². The number of hydrogen-bond acceptors (Lipinski definition) is 2. The van der Waals surface area contributed by atoms with Gasteiger partial charge in [-0.2, -0.15) is 0 Å². The van der Waals surface area contributed by atoms with Crippen LogP contribution in [0.2, 0.25) is 0 Å². The van der Waals surface area contributed by atoms with Crippen molar-refractivity contribution in [3.8, 4) is 5.75 Å². The molecule has 1 N–H and O–H groups in total. The summed E-state index contributed by atoms with van der Waals surface area (Å²) in [7, 11) is 1.41. The van der Waals surface area contributed by atoms with Crippen molar-refractivity contribution in [3.05, 3.63) is 29.6 Å². The maximum atomic E-state index is 13.6. The van der Waals surface area contributed by atoms with E-state index in [1.165, 1.54) is 13.2 Å². The van der Waals surface area contributed by atoms with Gasteiger partial charge in [0.25, 0.3) is 0 Å². The summed E-state index contributed by atoms with van der Waals surface area (Å²) in [6, 6.07) is 4.79. The SMILES string of the molecule is COc1cccc(C(O)CCI)c1F. The second-order valence-corrected chi connectivity index (χ2v) is 3.94. The number of ether oxygens (including phenoxy) is 1. The average molecular weight is 310 g/mol. The number of benzene rings is 1. The van der Waals surface area contributed by atoms with Gasteiger partial charge in [0.2, 0.25) is 0 Å². The first-order chi connectivity index (χ1) is 6.70. The molecule has 14 heavy (non-hydrogen) atoms. The van der Waals surface area contributed by atoms with E-state index in [2.05, 4.69) is 22.6 Å². The normalized spacial score (nSPS) is 12.6. The van der Waals surface area contributed by atoms with Gasteiger partial charge in [-0.25, -0.2) is 4.39 Å². The lowest BCUT2D eigenvalue weighted by atomic mass is 10.1. The Hall–Kier alpha value is -0.360. The second kappa shape index (κ2) is 5.50. The molecule has 1 unspecified atom stereocenters. The van der Waals surface area contributed by atoms with Gasteiger partial charge in [-0.15, -0.1) is 0 Å². The van der Waals surface area contributed by atoms with E-state index < -0.39 is 11.9 Å². The number of halogens is 2. The number of methoxy groups -OCH3 is 1. The predicted molar refractivity (Wildman–Crippen MR) is 61.4 cm³/mol. The molecule has 1 atom stereocenters. The van der Waals surface area contributed by atoms with Crippen molar-refractivity contribution in [1.29, 1.82) is 0 Å². The fourth-order valence-corrected chi connectivity index (χ4v) is 1.79. The molecule has 1 rings (SSSR count). The molecule has 0 aliphatic heterocycles. The number of rotatable bonds is 4. The summed E-state index contributed by atoms with van der Waals surface area (Å²) in [5.41, 5.74) is 0.306. The Balaban J connectivity index is 2.96. The first-order valence-corrected chi connectivity index (χ1v) is 5.79. The highest BCUT2D eigenvalue weighted by Crippen LogP contribution is 2.26. The number of aliphatic hydroxyl groups excluding tert-OH is 1. The van der Waals surface area contributed by atoms with E-state index in [0.717, 1.165) is 4.43 Å². The Morgan fingerprint density at radius 3 is 2.86 bits per heavy atom. The van der Waals surface area contributed by atoms with Crippen molar-refractivity contribution in [2.24, 2.45) is 0 Å². The Morgan fingerprint density at radius 2 is 2.29 bits per heavy atom. The summed E-state index contributed by atoms with van der Waals surface area (Å²) in [4.78, 5) is 0. The molecule has 78 valence electrons. The van der Waals surface area contributed by atoms with Crippen LogP contribution in [-0.4, -0.2) is 16.6 Å². The fraction of sp³-hybridized carbons (Fsp3) is 0.400. The summed E-state index contributed by atoms with van der Waals surface area (Å²) in [6.07, 6.45) is -0.202. The molecule has 2 nitrogen and oxygen atoms in total. The summed E-state index contributed by atoms with van der Waals surface area (Å²) in [6.45, 7) is 0. The molecule has 1 aromatic rings. The molecule has 1 aromatic carbocycles. The zero-order valence-corrected chi connectivity index (χ0v) is 9.99. The van der Waals surface area contributed by atoms with Crippen LogP contribution < -0.4 is 4.74 Å². The lowest BCUT2D eigenvalue weighted by Crippen LogP contribution is -2.02. The van der Waals surface area contributed by atoms with Gasteiger partial charge in [-0.1, -0.05) is 34.7 Å². The highest BCUT2D eigenvalue weighted by atomic mass is 127. The lowest BCUT2D eigenvalue weighted by molar-refractivity contribution is 0.170. The van der Waals surface area contributed by atoms with Gasteiger partial charge < -0.3 is 9.84 Å². The van der Waals surface area contributed by atoms with Crippen molar-refractivity contribution in [1.82, 2.24) is 0 Å². The molecule has 4 heteroatoms. The van der Waals surface area contributed by atoms with E-state index in [1.54, 1.807) is 12.1 Å². The summed E-state index contributed by atoms with van der Waals surface area (Å²) in [5, 5.41) is 9.62. The number of aliphatic hydroxyl groups is 1. The predicted octanol–water partition coefficient (Wildman–Crippen LogP) is 2.69. The molecule has 0 heterocycles. The number of alkyl halides is 1. The van der Waals surface area contributed by atoms with Crippen LogP contribution >= 0.6 is 22.6 Å². The Labute approximate surface area is 96.2 Å². The fourth-order valence-electron chi connectivity index (χ4n) is 1.20. The third kappa shape index (κ3) is 2.57. The van der Waals surface area contributed by atoms with Gasteiger partial charge in [0.05, 0.1) is 13.2 Å². The average Bonchev–Trinajstić information content (AvgIpc) is 2.18. The smallest absolute Gasteiger partial charge is 0.170 e. The van der Waals surface area contributed by atoms with Crippen LogP contribution in [0.5, 0.6) is 5.75 Å². The summed E-state index contributed by atoms with van der Waals surface area (Å²) < 4.78 is 19.2. The van der Waals surface area contributed by atoms with E-state index in [1.807, 2.05) is 0 Å². The third-order valence-electron chi connectivity index (χ3n) is 1.95. The Morgan fingerprint density at radius 1 is 1.57 bits per heavy atom. The quantitative estimate of drug-likeness (QED) is 0.684. The molecule has 0 saturated heterocycles. The van der Waals surface area contributed by atoms with Gasteiger partial charge in [0, 0.05) is 9.99 Å². The van der Waals surface area contributed by atoms with Crippen molar-refractivity contribution >= 4 is 22.6 Å². The molecule has 0 aliphatic rings. The maximum Gasteiger partial charge on any atom is 0.170 e. The highest BCUT2D eigenvalue weighted by molar-refractivity contribution is 14.1. The maximum absolute atomic E-state index is 13.6. The van der Waals surface area contributed by atoms with Crippen LogP contribution in [0.1, 0.15) is 18.1 Å². The van der Waals surface area contributed by atoms with Crippen LogP contribution in [0.4, 0.5) is 4.39 Å². The first kappa shape index (κ1) is 11.7. The van der Waals surface area contributed by atoms with Crippen molar-refractivity contribution < 1.29 is 14.2 Å². The van der Waals surface area contributed by atoms with Gasteiger partial charge in [-0.3, -0.25) is 0 Å². The van der Waals surface area contributed by atoms with Crippen LogP contribution in [-0.2, 0) is 0 Å². The zero-order valence-electron chi connectivity index (χ0n) is 7.84. The molecule has 0 bridgehead atoms. The molecule has 0 fully saturated rings. The molecule has 0 spiro atoms. The molecular weight excluding hydrogens is 298 g/mol. The second-order valence-electron chi connectivity index (χ2n) is 2.86. The summed E-state index contributed by atoms with van der Waals surface area (Å²) >= 11 is 2.15. The minimum atomic E-state index is -0.748. The van der Waals surface area contributed by atoms with Crippen LogP contribution in [0.15, 0.2) is 18.2 Å². The first-order valence-electron chi connectivity index (χ1n) is 4.27. The monoisotopic (exact) mass is 310 g/mol. The van der Waals surface area contributed by atoms with Gasteiger partial charge >= 0.3 is 0 Å². The molecule has 0 amide bonds. The topological polar surface area (TPSA) is 29.5 Å². The Bertz CT molecular complexity index is 304. The zero-order chi connectivity index (χ0) is 10.6. The van der Waals surface area contributed by atoms with Gasteiger partial charge in [0.15, 0.2) is 11.6 Å². The minimum absolute atomic E-state index is 0.176. The van der Waals surface area contributed by atoms with Crippen molar-refractivity contribution in [3.63, 3.8) is 0 Å². The standard InChI is InChI=1S/C10H12FIO2/c1-14-9-4-2-3-7(10(9)11)8(13)5-6-12/h2-4,8,13H,5-6H2,1H3. The molecule has 0 aromatic heterocycles. The van der Waals surface area contributed by atoms with Gasteiger partial charge in [-0.05, 0) is 12.5 Å². The van der Waals surface area contributed by atoms with E-state index in [-0.39, 0.29) is 5.75 Å². The minimum Gasteiger partial charge on any atom is -0.494 e. The van der Waals surface area contributed by atoms with Crippen LogP contribution in [0.3, 0.4) is 0 Å². The molecular formula is C10H12FIO2. The number of hydrogen-bond donors (Lipinski definition) is 1. The summed E-state index contributed by atoms with van der Waals surface area (Å²) in [5.74, 6) is -0.289. The lowest BCUT2D eigenvalue weighted by Gasteiger charge is -2.12. The molecule has 0 saturated carbocycles.